The van der Waals surface area contributed by atoms with E-state index in [1.165, 1.54) is 14.1 Å². The molecule has 0 radical (unpaired) electrons. The molecule has 8 heteroatoms. The molecule has 0 aliphatic carbocycles. The summed E-state index contributed by atoms with van der Waals surface area (Å²) in [5.74, 6) is 0. The molecule has 0 aromatic carbocycles. The normalized spacial score (nSPS) is 10.8. The number of rotatable bonds is 0. The highest BCUT2D eigenvalue weighted by atomic mass is 16.5. The number of fused-ring (bicyclic) bond motifs is 1. The number of hydrogen-bond donors (Lipinski definition) is 0. The Hall–Kier alpha value is -2.25. The Morgan fingerprint density at radius 2 is 2.00 bits per heavy atom. The van der Waals surface area contributed by atoms with Crippen LogP contribution in [0.3, 0.4) is 0 Å². The molecule has 2 aromatic rings. The summed E-state index contributed by atoms with van der Waals surface area (Å²) in [6, 6.07) is 0. The van der Waals surface area contributed by atoms with Crippen molar-refractivity contribution in [3.63, 3.8) is 0 Å². The Balaban J connectivity index is 3.23. The summed E-state index contributed by atoms with van der Waals surface area (Å²) in [6.45, 7) is 0. The van der Waals surface area contributed by atoms with Crippen LogP contribution in [-0.2, 0) is 14.1 Å². The van der Waals surface area contributed by atoms with E-state index in [0.717, 1.165) is 15.5 Å². The van der Waals surface area contributed by atoms with Crippen LogP contribution in [0.4, 0.5) is 0 Å². The molecule has 8 nitrogen and oxygen atoms in total. The van der Waals surface area contributed by atoms with Gasteiger partial charge in [-0.1, -0.05) is 0 Å². The molecule has 0 aliphatic heterocycles. The first-order chi connectivity index (χ1) is 7.04. The third-order valence-corrected chi connectivity index (χ3v) is 2.14. The predicted molar refractivity (Wildman–Crippen MR) is 49.0 cm³/mol. The van der Waals surface area contributed by atoms with Gasteiger partial charge < -0.3 is 5.21 Å². The molecule has 0 bridgehead atoms. The summed E-state index contributed by atoms with van der Waals surface area (Å²) in [6.07, 6.45) is 0.869. The maximum atomic E-state index is 11.6. The number of hydrogen-bond acceptors (Lipinski definition) is 5. The van der Waals surface area contributed by atoms with E-state index in [4.69, 9.17) is 0 Å². The fourth-order valence-corrected chi connectivity index (χ4v) is 1.31. The molecule has 78 valence electrons. The Morgan fingerprint density at radius 3 is 2.67 bits per heavy atom. The monoisotopic (exact) mass is 209 g/mol. The molecule has 0 saturated carbocycles. The Bertz CT molecular complexity index is 656. The van der Waals surface area contributed by atoms with E-state index >= 15 is 0 Å². The van der Waals surface area contributed by atoms with Crippen molar-refractivity contribution in [2.45, 2.75) is 0 Å². The maximum Gasteiger partial charge on any atom is 0.332 e. The molecule has 0 spiro atoms. The van der Waals surface area contributed by atoms with Crippen molar-refractivity contribution in [2.75, 3.05) is 0 Å². The SMILES string of the molecule is Cn1c(=O)c2c(nnc[n+]2[O-])n(C)c1=O. The van der Waals surface area contributed by atoms with Gasteiger partial charge in [-0.05, 0) is 5.10 Å². The van der Waals surface area contributed by atoms with Gasteiger partial charge >= 0.3 is 17.6 Å². The summed E-state index contributed by atoms with van der Waals surface area (Å²) in [4.78, 5) is 23.0. The highest BCUT2D eigenvalue weighted by Crippen LogP contribution is 1.93. The molecular formula is C7H7N5O3. The minimum Gasteiger partial charge on any atom is -0.710 e. The minimum absolute atomic E-state index is 0.0272. The summed E-state index contributed by atoms with van der Waals surface area (Å²) < 4.78 is 2.24. The molecule has 0 amide bonds. The molecule has 0 aliphatic rings. The fraction of sp³-hybridized carbons (Fsp3) is 0.286. The first-order valence-corrected chi connectivity index (χ1v) is 4.04. The standard InChI is InChI=1S/C7H7N5O3/c1-10-5-4(12(15)3-8-9-5)6(13)11(2)7(10)14/h3H,1-2H3. The highest BCUT2D eigenvalue weighted by Gasteiger charge is 2.15. The molecule has 0 saturated heterocycles. The highest BCUT2D eigenvalue weighted by molar-refractivity contribution is 5.63. The lowest BCUT2D eigenvalue weighted by atomic mass is 10.5. The van der Waals surface area contributed by atoms with E-state index in [1.54, 1.807) is 0 Å². The van der Waals surface area contributed by atoms with Gasteiger partial charge in [0.1, 0.15) is 0 Å². The Labute approximate surface area is 82.6 Å². The van der Waals surface area contributed by atoms with Gasteiger partial charge in [0.25, 0.3) is 0 Å². The lowest BCUT2D eigenvalue weighted by Crippen LogP contribution is -2.44. The van der Waals surface area contributed by atoms with Gasteiger partial charge in [-0.3, -0.25) is 13.9 Å². The van der Waals surface area contributed by atoms with Crippen LogP contribution in [0.15, 0.2) is 15.9 Å². The average Bonchev–Trinajstić information content (AvgIpc) is 2.23. The van der Waals surface area contributed by atoms with Crippen LogP contribution in [0.2, 0.25) is 0 Å². The van der Waals surface area contributed by atoms with Crippen molar-refractivity contribution >= 4 is 11.2 Å². The molecule has 2 aromatic heterocycles. The number of nitrogens with zero attached hydrogens (tertiary/aromatic N) is 5. The van der Waals surface area contributed by atoms with Crippen LogP contribution >= 0.6 is 0 Å². The topological polar surface area (TPSA) is 96.7 Å². The van der Waals surface area contributed by atoms with E-state index < -0.39 is 11.2 Å². The second-order valence-electron chi connectivity index (χ2n) is 3.03. The zero-order valence-electron chi connectivity index (χ0n) is 8.04. The molecule has 0 unspecified atom stereocenters. The first-order valence-electron chi connectivity index (χ1n) is 4.04. The second kappa shape index (κ2) is 2.87. The van der Waals surface area contributed by atoms with E-state index in [2.05, 4.69) is 10.2 Å². The third-order valence-electron chi connectivity index (χ3n) is 2.14. The summed E-state index contributed by atoms with van der Waals surface area (Å²) >= 11 is 0. The molecule has 0 N–H and O–H groups in total. The van der Waals surface area contributed by atoms with Crippen LogP contribution in [-0.4, -0.2) is 19.3 Å². The summed E-state index contributed by atoms with van der Waals surface area (Å²) in [7, 11) is 2.71. The third kappa shape index (κ3) is 1.11. The lowest BCUT2D eigenvalue weighted by molar-refractivity contribution is -0.582. The number of aryl methyl sites for hydroxylation is 1. The molecular weight excluding hydrogens is 202 g/mol. The van der Waals surface area contributed by atoms with Crippen molar-refractivity contribution < 1.29 is 4.73 Å². The summed E-state index contributed by atoms with van der Waals surface area (Å²) in [5.41, 5.74) is -1.46. The molecule has 15 heavy (non-hydrogen) atoms. The van der Waals surface area contributed by atoms with Gasteiger partial charge in [0.15, 0.2) is 0 Å². The van der Waals surface area contributed by atoms with Crippen molar-refractivity contribution in [1.82, 2.24) is 19.3 Å². The first kappa shape index (κ1) is 9.31. The largest absolute Gasteiger partial charge is 0.710 e. The van der Waals surface area contributed by atoms with Gasteiger partial charge in [0.2, 0.25) is 11.2 Å². The van der Waals surface area contributed by atoms with E-state index in [-0.39, 0.29) is 11.2 Å². The van der Waals surface area contributed by atoms with Crippen LogP contribution in [0.25, 0.3) is 11.2 Å². The maximum absolute atomic E-state index is 11.6. The molecule has 2 rings (SSSR count). The Kier molecular flexibility index (Phi) is 1.78. The van der Waals surface area contributed by atoms with Crippen LogP contribution in [0.1, 0.15) is 0 Å². The van der Waals surface area contributed by atoms with Gasteiger partial charge in [-0.15, -0.1) is 0 Å². The predicted octanol–water partition coefficient (Wildman–Crippen LogP) is -2.34. The lowest BCUT2D eigenvalue weighted by Gasteiger charge is -2.06. The van der Waals surface area contributed by atoms with Gasteiger partial charge in [-0.2, -0.15) is 0 Å². The van der Waals surface area contributed by atoms with Crippen LogP contribution in [0, 0.1) is 5.21 Å². The van der Waals surface area contributed by atoms with Gasteiger partial charge in [0.05, 0.1) is 5.10 Å². The molecule has 0 atom stereocenters. The van der Waals surface area contributed by atoms with Crippen molar-refractivity contribution in [3.8, 4) is 0 Å². The second-order valence-corrected chi connectivity index (χ2v) is 3.03. The summed E-state index contributed by atoms with van der Waals surface area (Å²) in [5, 5.41) is 18.3. The van der Waals surface area contributed by atoms with Crippen molar-refractivity contribution in [1.29, 1.82) is 0 Å². The van der Waals surface area contributed by atoms with Gasteiger partial charge in [0, 0.05) is 14.1 Å². The van der Waals surface area contributed by atoms with E-state index in [0.29, 0.717) is 4.73 Å². The van der Waals surface area contributed by atoms with Crippen LogP contribution < -0.4 is 16.0 Å². The van der Waals surface area contributed by atoms with E-state index in [1.807, 2.05) is 0 Å². The zero-order chi connectivity index (χ0) is 11.2. The number of aromatic nitrogens is 5. The van der Waals surface area contributed by atoms with Crippen LogP contribution in [0.5, 0.6) is 0 Å². The average molecular weight is 209 g/mol. The smallest absolute Gasteiger partial charge is 0.332 e. The molecule has 0 fully saturated rings. The molecule has 2 heterocycles. The van der Waals surface area contributed by atoms with Gasteiger partial charge in [-0.25, -0.2) is 9.52 Å². The fourth-order valence-electron chi connectivity index (χ4n) is 1.31. The zero-order valence-corrected chi connectivity index (χ0v) is 8.04. The Morgan fingerprint density at radius 1 is 1.33 bits per heavy atom. The van der Waals surface area contributed by atoms with Crippen molar-refractivity contribution in [2.24, 2.45) is 14.1 Å². The van der Waals surface area contributed by atoms with Crippen molar-refractivity contribution in [3.05, 3.63) is 32.4 Å². The quantitative estimate of drug-likeness (QED) is 0.358. The van der Waals surface area contributed by atoms with E-state index in [9.17, 15) is 14.8 Å². The minimum atomic E-state index is -0.682.